The van der Waals surface area contributed by atoms with Crippen LogP contribution in [0.25, 0.3) is 0 Å². The van der Waals surface area contributed by atoms with Crippen LogP contribution in [0.5, 0.6) is 0 Å². The van der Waals surface area contributed by atoms with Crippen molar-refractivity contribution >= 4 is 11.9 Å². The summed E-state index contributed by atoms with van der Waals surface area (Å²) in [6.07, 6.45) is 3.41. The maximum absolute atomic E-state index is 11.9. The van der Waals surface area contributed by atoms with E-state index < -0.39 is 18.6 Å². The highest BCUT2D eigenvalue weighted by Gasteiger charge is 2.24. The van der Waals surface area contributed by atoms with E-state index in [0.717, 1.165) is 25.7 Å². The fourth-order valence-electron chi connectivity index (χ4n) is 1.71. The molecule has 0 fully saturated rings. The van der Waals surface area contributed by atoms with Gasteiger partial charge in [-0.2, -0.15) is 0 Å². The number of carbonyl (C=O) groups is 2. The Bertz CT molecular complexity index is 237. The fraction of sp³-hybridized carbons (Fsp3) is 0.833. The minimum atomic E-state index is -0.955. The number of carbonyl (C=O) groups excluding carboxylic acids is 2. The van der Waals surface area contributed by atoms with Crippen molar-refractivity contribution in [2.75, 3.05) is 13.7 Å². The highest BCUT2D eigenvalue weighted by molar-refractivity contribution is 5.85. The van der Waals surface area contributed by atoms with Crippen molar-refractivity contribution in [2.24, 2.45) is 5.92 Å². The lowest BCUT2D eigenvalue weighted by atomic mass is 9.97. The van der Waals surface area contributed by atoms with Gasteiger partial charge in [-0.15, -0.1) is 0 Å². The van der Waals surface area contributed by atoms with Gasteiger partial charge < -0.3 is 15.2 Å². The summed E-state index contributed by atoms with van der Waals surface area (Å²) in [5.74, 6) is -0.894. The summed E-state index contributed by atoms with van der Waals surface area (Å²) < 4.78 is 4.49. The number of hydrogen-bond acceptors (Lipinski definition) is 4. The molecule has 0 aromatic carbocycles. The molecule has 5 nitrogen and oxygen atoms in total. The topological polar surface area (TPSA) is 75.6 Å². The number of aliphatic hydroxyl groups excluding tert-OH is 1. The van der Waals surface area contributed by atoms with Crippen molar-refractivity contribution in [2.45, 2.75) is 45.6 Å². The Morgan fingerprint density at radius 1 is 1.24 bits per heavy atom. The van der Waals surface area contributed by atoms with Gasteiger partial charge in [0.25, 0.3) is 0 Å². The lowest BCUT2D eigenvalue weighted by Crippen LogP contribution is -2.46. The predicted octanol–water partition coefficient (Wildman–Crippen LogP) is 0.853. The lowest BCUT2D eigenvalue weighted by molar-refractivity contribution is -0.146. The summed E-state index contributed by atoms with van der Waals surface area (Å²) in [6.45, 7) is 3.59. The molecule has 0 aliphatic rings. The van der Waals surface area contributed by atoms with Crippen LogP contribution in [0.2, 0.25) is 0 Å². The minimum absolute atomic E-state index is 0.0938. The van der Waals surface area contributed by atoms with Crippen LogP contribution in [0.1, 0.15) is 39.5 Å². The Balaban J connectivity index is 4.39. The van der Waals surface area contributed by atoms with Crippen LogP contribution < -0.4 is 5.32 Å². The van der Waals surface area contributed by atoms with E-state index in [0.29, 0.717) is 0 Å². The number of methoxy groups -OCH3 is 1. The number of hydrogen-bond donors (Lipinski definition) is 2. The van der Waals surface area contributed by atoms with Gasteiger partial charge in [0.05, 0.1) is 13.7 Å². The SMILES string of the molecule is CCCC(CCC)C(=O)N[C@@H](CO)C(=O)OC. The van der Waals surface area contributed by atoms with E-state index in [1.54, 1.807) is 0 Å². The molecule has 0 radical (unpaired) electrons. The molecule has 0 unspecified atom stereocenters. The predicted molar refractivity (Wildman–Crippen MR) is 64.3 cm³/mol. The van der Waals surface area contributed by atoms with Crippen LogP contribution in [-0.4, -0.2) is 36.7 Å². The zero-order valence-electron chi connectivity index (χ0n) is 10.9. The Hall–Kier alpha value is -1.10. The van der Waals surface area contributed by atoms with Crippen molar-refractivity contribution in [3.05, 3.63) is 0 Å². The molecule has 0 aliphatic carbocycles. The molecule has 0 saturated heterocycles. The third kappa shape index (κ3) is 5.68. The summed E-state index contributed by atoms with van der Waals surface area (Å²) in [5.41, 5.74) is 0. The number of nitrogens with one attached hydrogen (secondary N) is 1. The first kappa shape index (κ1) is 15.9. The number of rotatable bonds is 8. The molecule has 0 aromatic heterocycles. The largest absolute Gasteiger partial charge is 0.467 e. The van der Waals surface area contributed by atoms with Crippen LogP contribution in [0.3, 0.4) is 0 Å². The van der Waals surface area contributed by atoms with Gasteiger partial charge in [-0.05, 0) is 12.8 Å². The third-order valence-corrected chi connectivity index (χ3v) is 2.63. The summed E-state index contributed by atoms with van der Waals surface area (Å²) in [5, 5.41) is 11.5. The monoisotopic (exact) mass is 245 g/mol. The Labute approximate surface area is 103 Å². The molecule has 100 valence electrons. The standard InChI is InChI=1S/C12H23NO4/c1-4-6-9(7-5-2)11(15)13-10(8-14)12(16)17-3/h9-10,14H,4-8H2,1-3H3,(H,13,15)/t10-/m0/s1. The van der Waals surface area contributed by atoms with Crippen LogP contribution >= 0.6 is 0 Å². The first-order valence-corrected chi connectivity index (χ1v) is 6.09. The van der Waals surface area contributed by atoms with Gasteiger partial charge in [-0.1, -0.05) is 26.7 Å². The van der Waals surface area contributed by atoms with E-state index >= 15 is 0 Å². The molecular weight excluding hydrogens is 222 g/mol. The normalized spacial score (nSPS) is 12.3. The van der Waals surface area contributed by atoms with Crippen molar-refractivity contribution in [3.8, 4) is 0 Å². The molecule has 0 heterocycles. The molecule has 0 rings (SSSR count). The summed E-state index contributed by atoms with van der Waals surface area (Å²) in [7, 11) is 1.23. The van der Waals surface area contributed by atoms with Crippen LogP contribution in [-0.2, 0) is 14.3 Å². The molecule has 2 N–H and O–H groups in total. The highest BCUT2D eigenvalue weighted by atomic mass is 16.5. The van der Waals surface area contributed by atoms with Gasteiger partial charge in [0.2, 0.25) is 5.91 Å². The van der Waals surface area contributed by atoms with Crippen LogP contribution in [0.4, 0.5) is 0 Å². The first-order valence-electron chi connectivity index (χ1n) is 6.09. The number of amides is 1. The van der Waals surface area contributed by atoms with E-state index in [2.05, 4.69) is 10.1 Å². The van der Waals surface area contributed by atoms with Crippen molar-refractivity contribution in [1.29, 1.82) is 0 Å². The summed E-state index contributed by atoms with van der Waals surface area (Å²) in [4.78, 5) is 23.1. The van der Waals surface area contributed by atoms with Gasteiger partial charge in [0.15, 0.2) is 6.04 Å². The molecule has 0 aromatic rings. The second-order valence-corrected chi connectivity index (χ2v) is 4.04. The van der Waals surface area contributed by atoms with E-state index in [-0.39, 0.29) is 11.8 Å². The maximum atomic E-state index is 11.9. The number of aliphatic hydroxyl groups is 1. The van der Waals surface area contributed by atoms with Gasteiger partial charge in [-0.25, -0.2) is 4.79 Å². The van der Waals surface area contributed by atoms with Crippen molar-refractivity contribution in [3.63, 3.8) is 0 Å². The van der Waals surface area contributed by atoms with Crippen LogP contribution in [0, 0.1) is 5.92 Å². The highest BCUT2D eigenvalue weighted by Crippen LogP contribution is 2.13. The average molecular weight is 245 g/mol. The minimum Gasteiger partial charge on any atom is -0.467 e. The van der Waals surface area contributed by atoms with Gasteiger partial charge in [0, 0.05) is 5.92 Å². The average Bonchev–Trinajstić information content (AvgIpc) is 2.34. The molecule has 0 saturated carbocycles. The zero-order valence-corrected chi connectivity index (χ0v) is 10.9. The van der Waals surface area contributed by atoms with Crippen molar-refractivity contribution < 1.29 is 19.4 Å². The molecule has 0 aliphatic heterocycles. The van der Waals surface area contributed by atoms with Crippen LogP contribution in [0.15, 0.2) is 0 Å². The van der Waals surface area contributed by atoms with E-state index in [4.69, 9.17) is 5.11 Å². The molecule has 17 heavy (non-hydrogen) atoms. The maximum Gasteiger partial charge on any atom is 0.330 e. The molecule has 0 bridgehead atoms. The third-order valence-electron chi connectivity index (χ3n) is 2.63. The van der Waals surface area contributed by atoms with Gasteiger partial charge in [0.1, 0.15) is 0 Å². The smallest absolute Gasteiger partial charge is 0.330 e. The number of esters is 1. The first-order chi connectivity index (χ1) is 8.10. The summed E-state index contributed by atoms with van der Waals surface area (Å²) >= 11 is 0. The Morgan fingerprint density at radius 3 is 2.12 bits per heavy atom. The quantitative estimate of drug-likeness (QED) is 0.622. The zero-order chi connectivity index (χ0) is 13.3. The van der Waals surface area contributed by atoms with E-state index in [1.165, 1.54) is 7.11 Å². The van der Waals surface area contributed by atoms with E-state index in [9.17, 15) is 9.59 Å². The Kier molecular flexibility index (Phi) is 8.40. The molecular formula is C12H23NO4. The lowest BCUT2D eigenvalue weighted by Gasteiger charge is -2.19. The Morgan fingerprint density at radius 2 is 1.76 bits per heavy atom. The number of ether oxygens (including phenoxy) is 1. The van der Waals surface area contributed by atoms with Gasteiger partial charge in [-0.3, -0.25) is 4.79 Å². The van der Waals surface area contributed by atoms with E-state index in [1.807, 2.05) is 13.8 Å². The molecule has 5 heteroatoms. The molecule has 0 spiro atoms. The second kappa shape index (κ2) is 8.98. The molecule has 1 amide bonds. The fourth-order valence-corrected chi connectivity index (χ4v) is 1.71. The second-order valence-electron chi connectivity index (χ2n) is 4.04. The van der Waals surface area contributed by atoms with Crippen molar-refractivity contribution in [1.82, 2.24) is 5.32 Å². The molecule has 1 atom stereocenters. The summed E-state index contributed by atoms with van der Waals surface area (Å²) in [6, 6.07) is -0.955. The van der Waals surface area contributed by atoms with Gasteiger partial charge >= 0.3 is 5.97 Å².